The minimum Gasteiger partial charge on any atom is -0.491 e. The van der Waals surface area contributed by atoms with Gasteiger partial charge in [-0.2, -0.15) is 5.10 Å². The van der Waals surface area contributed by atoms with Gasteiger partial charge in [-0.1, -0.05) is 25.4 Å². The average Bonchev–Trinajstić information content (AvgIpc) is 3.30. The number of rotatable bonds is 3. The van der Waals surface area contributed by atoms with Crippen LogP contribution in [-0.4, -0.2) is 65.1 Å². The molecule has 2 heterocycles. The number of nitrogens with one attached hydrogen (secondary N) is 3. The highest BCUT2D eigenvalue weighted by atomic mass is 35.5. The lowest BCUT2D eigenvalue weighted by atomic mass is 10.0. The predicted octanol–water partition coefficient (Wildman–Crippen LogP) is 2.64. The van der Waals surface area contributed by atoms with E-state index >= 15 is 0 Å². The highest BCUT2D eigenvalue weighted by Crippen LogP contribution is 2.23. The number of hydrogen-bond donors (Lipinski definition) is 3. The lowest BCUT2D eigenvalue weighted by molar-refractivity contribution is -0.122. The molecule has 0 unspecified atom stereocenters. The van der Waals surface area contributed by atoms with Crippen LogP contribution in [0, 0.1) is 5.92 Å². The summed E-state index contributed by atoms with van der Waals surface area (Å²) in [6.07, 6.45) is 3.42. The first kappa shape index (κ1) is 24.6. The Hall–Kier alpha value is -3.07. The number of benzene rings is 1. The van der Waals surface area contributed by atoms with E-state index in [0.717, 1.165) is 0 Å². The van der Waals surface area contributed by atoms with Gasteiger partial charge in [0.25, 0.3) is 11.8 Å². The Bertz CT molecular complexity index is 964. The van der Waals surface area contributed by atoms with Crippen LogP contribution in [0.1, 0.15) is 54.0 Å². The van der Waals surface area contributed by atoms with Crippen LogP contribution in [0.5, 0.6) is 5.75 Å². The van der Waals surface area contributed by atoms with Gasteiger partial charge in [0.2, 0.25) is 5.91 Å². The number of carbonyl (C=O) groups excluding carboxylic acids is 3. The van der Waals surface area contributed by atoms with Crippen molar-refractivity contribution in [2.75, 3.05) is 26.2 Å². The molecule has 10 heteroatoms. The first-order chi connectivity index (χ1) is 15.8. The zero-order valence-corrected chi connectivity index (χ0v) is 19.7. The molecule has 1 atom stereocenters. The standard InChI is InChI=1S/C23H30ClN5O4/c1-15(2)11-17-14-33-20-6-5-16(24)12-18(20)22(31)25-8-3-4-10-29(13-21(30)27-17)23(32)19-7-9-26-28-19/h5-7,9,12,15,17H,3-4,8,10-11,13-14H2,1-2H3,(H,25,31)(H,26,28)(H,27,30)/t17-/m0/s1. The molecule has 178 valence electrons. The highest BCUT2D eigenvalue weighted by Gasteiger charge is 2.23. The maximum absolute atomic E-state index is 12.9. The molecule has 3 rings (SSSR count). The lowest BCUT2D eigenvalue weighted by Crippen LogP contribution is -2.46. The van der Waals surface area contributed by atoms with Gasteiger partial charge >= 0.3 is 0 Å². The Morgan fingerprint density at radius 3 is 2.82 bits per heavy atom. The number of aromatic amines is 1. The van der Waals surface area contributed by atoms with E-state index in [1.54, 1.807) is 24.3 Å². The van der Waals surface area contributed by atoms with Gasteiger partial charge in [0.15, 0.2) is 0 Å². The number of carbonyl (C=O) groups is 3. The minimum atomic E-state index is -0.297. The zero-order valence-electron chi connectivity index (χ0n) is 18.9. The summed E-state index contributed by atoms with van der Waals surface area (Å²) in [5.41, 5.74) is 0.673. The van der Waals surface area contributed by atoms with Crippen molar-refractivity contribution in [2.45, 2.75) is 39.2 Å². The van der Waals surface area contributed by atoms with Crippen molar-refractivity contribution < 1.29 is 19.1 Å². The van der Waals surface area contributed by atoms with Crippen LogP contribution < -0.4 is 15.4 Å². The molecule has 2 aromatic rings. The molecule has 0 spiro atoms. The molecular weight excluding hydrogens is 446 g/mol. The fraction of sp³-hybridized carbons (Fsp3) is 0.478. The molecule has 0 bridgehead atoms. The maximum Gasteiger partial charge on any atom is 0.272 e. The highest BCUT2D eigenvalue weighted by molar-refractivity contribution is 6.31. The normalized spacial score (nSPS) is 18.4. The Morgan fingerprint density at radius 1 is 1.27 bits per heavy atom. The van der Waals surface area contributed by atoms with Crippen molar-refractivity contribution in [3.8, 4) is 5.75 Å². The summed E-state index contributed by atoms with van der Waals surface area (Å²) in [7, 11) is 0. The summed E-state index contributed by atoms with van der Waals surface area (Å²) in [6, 6.07) is 6.18. The van der Waals surface area contributed by atoms with Crippen LogP contribution in [0.3, 0.4) is 0 Å². The third-order valence-electron chi connectivity index (χ3n) is 5.24. The van der Waals surface area contributed by atoms with Crippen LogP contribution in [0.4, 0.5) is 0 Å². The van der Waals surface area contributed by atoms with E-state index in [1.165, 1.54) is 11.1 Å². The molecule has 1 aromatic heterocycles. The summed E-state index contributed by atoms with van der Waals surface area (Å²) in [5, 5.41) is 12.8. The first-order valence-electron chi connectivity index (χ1n) is 11.1. The Kier molecular flexibility index (Phi) is 8.71. The summed E-state index contributed by atoms with van der Waals surface area (Å²) in [4.78, 5) is 40.0. The van der Waals surface area contributed by atoms with E-state index in [-0.39, 0.29) is 36.9 Å². The molecule has 0 radical (unpaired) electrons. The van der Waals surface area contributed by atoms with Crippen molar-refractivity contribution in [3.63, 3.8) is 0 Å². The van der Waals surface area contributed by atoms with E-state index in [0.29, 0.717) is 60.3 Å². The molecule has 0 saturated carbocycles. The van der Waals surface area contributed by atoms with E-state index in [2.05, 4.69) is 34.7 Å². The minimum absolute atomic E-state index is 0.0784. The number of fused-ring (bicyclic) bond motifs is 1. The Balaban J connectivity index is 1.81. The summed E-state index contributed by atoms with van der Waals surface area (Å²) >= 11 is 6.10. The molecule has 0 saturated heterocycles. The van der Waals surface area contributed by atoms with Gasteiger partial charge in [-0.25, -0.2) is 0 Å². The van der Waals surface area contributed by atoms with Gasteiger partial charge < -0.3 is 20.3 Å². The molecule has 0 aliphatic carbocycles. The fourth-order valence-corrected chi connectivity index (χ4v) is 3.87. The Labute approximate surface area is 198 Å². The van der Waals surface area contributed by atoms with Gasteiger partial charge in [0.1, 0.15) is 18.1 Å². The van der Waals surface area contributed by atoms with Crippen LogP contribution in [0.2, 0.25) is 5.02 Å². The van der Waals surface area contributed by atoms with Crippen molar-refractivity contribution in [3.05, 3.63) is 46.7 Å². The third-order valence-corrected chi connectivity index (χ3v) is 5.48. The molecule has 33 heavy (non-hydrogen) atoms. The molecule has 1 aliphatic heterocycles. The molecular formula is C23H30ClN5O4. The largest absolute Gasteiger partial charge is 0.491 e. The number of aromatic nitrogens is 2. The summed E-state index contributed by atoms with van der Waals surface area (Å²) in [6.45, 7) is 4.99. The second-order valence-corrected chi connectivity index (χ2v) is 8.94. The number of hydrogen-bond acceptors (Lipinski definition) is 5. The van der Waals surface area contributed by atoms with Crippen molar-refractivity contribution in [1.29, 1.82) is 0 Å². The third kappa shape index (κ3) is 7.21. The molecule has 1 aromatic carbocycles. The Morgan fingerprint density at radius 2 is 2.09 bits per heavy atom. The monoisotopic (exact) mass is 475 g/mol. The first-order valence-corrected chi connectivity index (χ1v) is 11.5. The quantitative estimate of drug-likeness (QED) is 0.631. The fourth-order valence-electron chi connectivity index (χ4n) is 3.70. The second kappa shape index (κ2) is 11.7. The lowest BCUT2D eigenvalue weighted by Gasteiger charge is -2.25. The summed E-state index contributed by atoms with van der Waals surface area (Å²) in [5.74, 6) is -0.132. The van der Waals surface area contributed by atoms with Crippen LogP contribution >= 0.6 is 11.6 Å². The van der Waals surface area contributed by atoms with Crippen molar-refractivity contribution >= 4 is 29.3 Å². The second-order valence-electron chi connectivity index (χ2n) is 8.51. The van der Waals surface area contributed by atoms with Crippen molar-refractivity contribution in [1.82, 2.24) is 25.7 Å². The van der Waals surface area contributed by atoms with Crippen LogP contribution in [0.15, 0.2) is 30.5 Å². The SMILES string of the molecule is CC(C)C[C@H]1COc2ccc(Cl)cc2C(=O)NCCCCN(C(=O)c2ccn[nH]2)CC(=O)N1. The number of nitrogens with zero attached hydrogens (tertiary/aromatic N) is 2. The van der Waals surface area contributed by atoms with E-state index in [9.17, 15) is 14.4 Å². The van der Waals surface area contributed by atoms with E-state index < -0.39 is 0 Å². The molecule has 1 aliphatic rings. The predicted molar refractivity (Wildman–Crippen MR) is 124 cm³/mol. The number of amides is 3. The average molecular weight is 476 g/mol. The van der Waals surface area contributed by atoms with E-state index in [4.69, 9.17) is 16.3 Å². The summed E-state index contributed by atoms with van der Waals surface area (Å²) < 4.78 is 5.96. The number of H-pyrrole nitrogens is 1. The smallest absolute Gasteiger partial charge is 0.272 e. The molecule has 3 amide bonds. The van der Waals surface area contributed by atoms with Crippen molar-refractivity contribution in [2.24, 2.45) is 5.92 Å². The topological polar surface area (TPSA) is 116 Å². The molecule has 3 N–H and O–H groups in total. The molecule has 9 nitrogen and oxygen atoms in total. The van der Waals surface area contributed by atoms with Gasteiger partial charge in [-0.15, -0.1) is 0 Å². The van der Waals surface area contributed by atoms with Gasteiger partial charge in [0, 0.05) is 24.3 Å². The van der Waals surface area contributed by atoms with E-state index in [1.807, 2.05) is 0 Å². The van der Waals surface area contributed by atoms with Gasteiger partial charge in [0.05, 0.1) is 18.2 Å². The van der Waals surface area contributed by atoms with Crippen LogP contribution in [-0.2, 0) is 4.79 Å². The number of ether oxygens (including phenoxy) is 1. The van der Waals surface area contributed by atoms with Gasteiger partial charge in [-0.3, -0.25) is 19.5 Å². The maximum atomic E-state index is 12.9. The van der Waals surface area contributed by atoms with Gasteiger partial charge in [-0.05, 0) is 49.4 Å². The molecule has 0 fully saturated rings. The number of halogens is 1. The van der Waals surface area contributed by atoms with Crippen LogP contribution in [0.25, 0.3) is 0 Å². The zero-order chi connectivity index (χ0) is 23.8.